The Hall–Kier alpha value is -8.61. The molecule has 0 saturated carbocycles. The quantitative estimate of drug-likeness (QED) is 0.168. The van der Waals surface area contributed by atoms with Gasteiger partial charge in [0.15, 0.2) is 11.6 Å². The van der Waals surface area contributed by atoms with Crippen molar-refractivity contribution >= 4 is 65.4 Å². The monoisotopic (exact) mass is 804 g/mol. The minimum atomic E-state index is 0.566. The minimum absolute atomic E-state index is 0.566. The highest BCUT2D eigenvalue weighted by atomic mass is 15.2. The maximum atomic E-state index is 5.38. The van der Waals surface area contributed by atoms with Crippen molar-refractivity contribution in [3.63, 3.8) is 0 Å². The first-order valence-corrected chi connectivity index (χ1v) is 21.3. The van der Waals surface area contributed by atoms with E-state index >= 15 is 0 Å². The van der Waals surface area contributed by atoms with Crippen LogP contribution in [0.3, 0.4) is 0 Å². The van der Waals surface area contributed by atoms with Gasteiger partial charge in [0.05, 0.1) is 33.1 Å². The van der Waals surface area contributed by atoms with E-state index < -0.39 is 0 Å². The first-order chi connectivity index (χ1) is 31.2. The van der Waals surface area contributed by atoms with E-state index in [0.29, 0.717) is 17.6 Å². The number of rotatable bonds is 6. The second kappa shape index (κ2) is 14.0. The van der Waals surface area contributed by atoms with Gasteiger partial charge in [0.1, 0.15) is 0 Å². The third-order valence-corrected chi connectivity index (χ3v) is 12.5. The highest BCUT2D eigenvalue weighted by Gasteiger charge is 2.22. The molecular formula is C57H36N6. The summed E-state index contributed by atoms with van der Waals surface area (Å²) in [6, 6.07) is 77.4. The fraction of sp³-hybridized carbons (Fsp3) is 0. The van der Waals surface area contributed by atoms with Crippen LogP contribution in [0.1, 0.15) is 0 Å². The molecule has 0 atom stereocenters. The van der Waals surface area contributed by atoms with Crippen LogP contribution in [-0.2, 0) is 0 Å². The van der Waals surface area contributed by atoms with Crippen LogP contribution in [0.2, 0.25) is 0 Å². The summed E-state index contributed by atoms with van der Waals surface area (Å²) in [5, 5.41) is 6.91. The van der Waals surface area contributed by atoms with E-state index in [4.69, 9.17) is 15.0 Å². The molecule has 13 rings (SSSR count). The summed E-state index contributed by atoms with van der Waals surface area (Å²) in [6.07, 6.45) is 0. The molecule has 0 radical (unpaired) electrons. The van der Waals surface area contributed by atoms with Gasteiger partial charge < -0.3 is 9.13 Å². The van der Waals surface area contributed by atoms with Crippen molar-refractivity contribution in [1.29, 1.82) is 0 Å². The highest BCUT2D eigenvalue weighted by molar-refractivity contribution is 6.19. The number of aromatic nitrogens is 6. The largest absolute Gasteiger partial charge is 0.309 e. The molecule has 0 N–H and O–H groups in total. The normalized spacial score (nSPS) is 11.8. The molecule has 0 aliphatic rings. The number of hydrogen-bond acceptors (Lipinski definition) is 3. The Morgan fingerprint density at radius 2 is 0.635 bits per heavy atom. The van der Waals surface area contributed by atoms with Crippen LogP contribution in [0.25, 0.3) is 117 Å². The zero-order valence-electron chi connectivity index (χ0n) is 34.0. The predicted octanol–water partition coefficient (Wildman–Crippen LogP) is 14.2. The van der Waals surface area contributed by atoms with Crippen molar-refractivity contribution in [3.8, 4) is 51.2 Å². The van der Waals surface area contributed by atoms with E-state index in [0.717, 1.165) is 77.1 Å². The standard InChI is InChI=1S/C57H36N6/c1-4-16-37(17-5-1)38-28-31-42(32-29-38)62-50-26-14-11-23-44(50)47-36-54-48(35-53(47)62)45-24-12-15-27-51(45)63(54)57-59-55(39-18-6-2-7-19-39)58-56(60-57)40-30-33-52-46(34-40)43-22-10-13-25-49(43)61(52)41-20-8-3-9-21-41/h1-36H. The Balaban J connectivity index is 1.04. The lowest BCUT2D eigenvalue weighted by molar-refractivity contribution is 0.954. The Morgan fingerprint density at radius 3 is 1.24 bits per heavy atom. The molecule has 13 aromatic rings. The van der Waals surface area contributed by atoms with Crippen molar-refractivity contribution in [2.45, 2.75) is 0 Å². The molecule has 0 fully saturated rings. The Morgan fingerprint density at radius 1 is 0.238 bits per heavy atom. The summed E-state index contributed by atoms with van der Waals surface area (Å²) in [4.78, 5) is 15.9. The lowest BCUT2D eigenvalue weighted by atomic mass is 10.1. The minimum Gasteiger partial charge on any atom is -0.309 e. The molecule has 9 aromatic carbocycles. The molecule has 0 unspecified atom stereocenters. The number of para-hydroxylation sites is 4. The molecular weight excluding hydrogens is 769 g/mol. The lowest BCUT2D eigenvalue weighted by Crippen LogP contribution is -2.06. The molecule has 0 saturated heterocycles. The van der Waals surface area contributed by atoms with Crippen molar-refractivity contribution in [2.75, 3.05) is 0 Å². The zero-order valence-corrected chi connectivity index (χ0v) is 34.0. The van der Waals surface area contributed by atoms with Crippen LogP contribution < -0.4 is 0 Å². The SMILES string of the molecule is c1ccc(-c2ccc(-n3c4ccccc4c4cc5c(cc43)c3ccccc3n5-c3nc(-c4ccccc4)nc(-c4ccc5c(c4)c4ccccc4n5-c4ccccc4)n3)cc2)cc1. The Kier molecular flexibility index (Phi) is 7.80. The van der Waals surface area contributed by atoms with Gasteiger partial charge >= 0.3 is 0 Å². The molecule has 294 valence electrons. The number of benzene rings is 9. The molecule has 6 heteroatoms. The average molecular weight is 805 g/mol. The van der Waals surface area contributed by atoms with Crippen LogP contribution in [0.15, 0.2) is 218 Å². The Bertz CT molecular complexity index is 3880. The highest BCUT2D eigenvalue weighted by Crippen LogP contribution is 2.40. The first kappa shape index (κ1) is 35.2. The molecule has 6 nitrogen and oxygen atoms in total. The van der Waals surface area contributed by atoms with Gasteiger partial charge in [-0.15, -0.1) is 0 Å². The zero-order chi connectivity index (χ0) is 41.4. The van der Waals surface area contributed by atoms with E-state index in [2.05, 4.69) is 214 Å². The second-order valence-corrected chi connectivity index (χ2v) is 16.1. The predicted molar refractivity (Wildman–Crippen MR) is 259 cm³/mol. The van der Waals surface area contributed by atoms with E-state index in [-0.39, 0.29) is 0 Å². The van der Waals surface area contributed by atoms with Gasteiger partial charge in [-0.25, -0.2) is 4.98 Å². The molecule has 4 heterocycles. The second-order valence-electron chi connectivity index (χ2n) is 16.1. The van der Waals surface area contributed by atoms with Crippen molar-refractivity contribution in [3.05, 3.63) is 218 Å². The van der Waals surface area contributed by atoms with Crippen molar-refractivity contribution in [1.82, 2.24) is 28.7 Å². The Labute approximate surface area is 362 Å². The summed E-state index contributed by atoms with van der Waals surface area (Å²) in [6.45, 7) is 0. The molecule has 0 bridgehead atoms. The smallest absolute Gasteiger partial charge is 0.238 e. The third-order valence-electron chi connectivity index (χ3n) is 12.5. The molecule has 63 heavy (non-hydrogen) atoms. The van der Waals surface area contributed by atoms with Crippen LogP contribution in [-0.4, -0.2) is 28.7 Å². The maximum absolute atomic E-state index is 5.38. The van der Waals surface area contributed by atoms with Gasteiger partial charge in [0.2, 0.25) is 5.95 Å². The molecule has 0 aliphatic carbocycles. The molecule has 0 spiro atoms. The fourth-order valence-electron chi connectivity index (χ4n) is 9.64. The van der Waals surface area contributed by atoms with Crippen LogP contribution in [0.5, 0.6) is 0 Å². The summed E-state index contributed by atoms with van der Waals surface area (Å²) >= 11 is 0. The van der Waals surface area contributed by atoms with Gasteiger partial charge in [-0.3, -0.25) is 4.57 Å². The van der Waals surface area contributed by atoms with E-state index in [1.807, 2.05) is 18.2 Å². The third kappa shape index (κ3) is 5.55. The topological polar surface area (TPSA) is 53.5 Å². The summed E-state index contributed by atoms with van der Waals surface area (Å²) in [7, 11) is 0. The number of fused-ring (bicyclic) bond motifs is 9. The van der Waals surface area contributed by atoms with Crippen molar-refractivity contribution in [2.24, 2.45) is 0 Å². The van der Waals surface area contributed by atoms with Gasteiger partial charge in [0.25, 0.3) is 0 Å². The van der Waals surface area contributed by atoms with Crippen LogP contribution in [0.4, 0.5) is 0 Å². The summed E-state index contributed by atoms with van der Waals surface area (Å²) in [5.41, 5.74) is 13.1. The van der Waals surface area contributed by atoms with Crippen molar-refractivity contribution < 1.29 is 0 Å². The van der Waals surface area contributed by atoms with E-state index in [1.54, 1.807) is 0 Å². The fourth-order valence-corrected chi connectivity index (χ4v) is 9.64. The summed E-state index contributed by atoms with van der Waals surface area (Å²) < 4.78 is 6.95. The van der Waals surface area contributed by atoms with E-state index in [9.17, 15) is 0 Å². The van der Waals surface area contributed by atoms with Crippen LogP contribution >= 0.6 is 0 Å². The average Bonchev–Trinajstić information content (AvgIpc) is 3.99. The van der Waals surface area contributed by atoms with Gasteiger partial charge in [0, 0.05) is 54.8 Å². The molecule has 0 amide bonds. The first-order valence-electron chi connectivity index (χ1n) is 21.3. The van der Waals surface area contributed by atoms with Gasteiger partial charge in [-0.2, -0.15) is 9.97 Å². The summed E-state index contributed by atoms with van der Waals surface area (Å²) in [5.74, 6) is 1.79. The molecule has 0 aliphatic heterocycles. The molecule has 4 aromatic heterocycles. The lowest BCUT2D eigenvalue weighted by Gasteiger charge is -2.12. The van der Waals surface area contributed by atoms with Gasteiger partial charge in [-0.05, 0) is 83.9 Å². The van der Waals surface area contributed by atoms with Crippen LogP contribution in [0, 0.1) is 0 Å². The maximum Gasteiger partial charge on any atom is 0.238 e. The van der Waals surface area contributed by atoms with E-state index in [1.165, 1.54) is 21.9 Å². The number of hydrogen-bond donors (Lipinski definition) is 0. The number of nitrogens with zero attached hydrogens (tertiary/aromatic N) is 6. The van der Waals surface area contributed by atoms with Gasteiger partial charge in [-0.1, -0.05) is 146 Å².